The van der Waals surface area contributed by atoms with Gasteiger partial charge in [0.1, 0.15) is 11.3 Å². The van der Waals surface area contributed by atoms with Crippen LogP contribution in [0.4, 0.5) is 5.69 Å². The third-order valence-corrected chi connectivity index (χ3v) is 2.21. The van der Waals surface area contributed by atoms with Crippen molar-refractivity contribution in [2.24, 2.45) is 0 Å². The van der Waals surface area contributed by atoms with Crippen molar-refractivity contribution >= 4 is 11.7 Å². The topological polar surface area (TPSA) is 81.8 Å². The van der Waals surface area contributed by atoms with Crippen LogP contribution in [-0.4, -0.2) is 30.9 Å². The third kappa shape index (κ3) is 3.96. The molecule has 0 aliphatic heterocycles. The predicted octanol–water partition coefficient (Wildman–Crippen LogP) is 1.21. The highest BCUT2D eigenvalue weighted by molar-refractivity contribution is 5.93. The Hall–Kier alpha value is -1.75. The van der Waals surface area contributed by atoms with E-state index in [-0.39, 0.29) is 12.2 Å². The molecular weight excluding hydrogens is 222 g/mol. The fraction of sp³-hybridized carbons (Fsp3) is 0.417. The van der Waals surface area contributed by atoms with Crippen LogP contribution >= 0.6 is 0 Å². The zero-order valence-corrected chi connectivity index (χ0v) is 9.97. The van der Waals surface area contributed by atoms with Gasteiger partial charge < -0.3 is 20.3 Å². The second-order valence-corrected chi connectivity index (χ2v) is 3.73. The first-order chi connectivity index (χ1) is 8.04. The summed E-state index contributed by atoms with van der Waals surface area (Å²) in [5, 5.41) is 9.04. The minimum atomic E-state index is -0.505. The molecule has 1 atom stereocenters. The Kier molecular flexibility index (Phi) is 4.78. The van der Waals surface area contributed by atoms with E-state index in [4.69, 9.17) is 20.3 Å². The summed E-state index contributed by atoms with van der Waals surface area (Å²) in [5.74, 6) is -0.0870. The monoisotopic (exact) mass is 239 g/mol. The lowest BCUT2D eigenvalue weighted by Crippen LogP contribution is -2.12. The van der Waals surface area contributed by atoms with E-state index in [2.05, 4.69) is 0 Å². The fourth-order valence-electron chi connectivity index (χ4n) is 1.29. The van der Waals surface area contributed by atoms with Gasteiger partial charge in [-0.15, -0.1) is 0 Å². The number of nitrogen functional groups attached to an aromatic ring is 1. The average molecular weight is 239 g/mol. The number of methoxy groups -OCH3 is 1. The van der Waals surface area contributed by atoms with Gasteiger partial charge in [0.05, 0.1) is 19.8 Å². The first-order valence-electron chi connectivity index (χ1n) is 5.33. The molecule has 1 rings (SSSR count). The minimum Gasteiger partial charge on any atom is -0.496 e. The number of aliphatic hydroxyl groups is 1. The maximum atomic E-state index is 11.7. The van der Waals surface area contributed by atoms with Gasteiger partial charge in [-0.1, -0.05) is 0 Å². The maximum Gasteiger partial charge on any atom is 0.341 e. The molecule has 0 saturated heterocycles. The molecule has 1 aromatic rings. The summed E-state index contributed by atoms with van der Waals surface area (Å²) in [6.45, 7) is 1.80. The second kappa shape index (κ2) is 6.10. The number of hydrogen-bond donors (Lipinski definition) is 2. The summed E-state index contributed by atoms with van der Waals surface area (Å²) < 4.78 is 10.0. The van der Waals surface area contributed by atoms with E-state index in [0.29, 0.717) is 17.9 Å². The highest BCUT2D eigenvalue weighted by Crippen LogP contribution is 2.21. The molecule has 5 heteroatoms. The molecule has 5 nitrogen and oxygen atoms in total. The van der Waals surface area contributed by atoms with E-state index in [1.807, 2.05) is 0 Å². The Labute approximate surface area is 100 Å². The van der Waals surface area contributed by atoms with Crippen molar-refractivity contribution in [1.29, 1.82) is 0 Å². The van der Waals surface area contributed by atoms with E-state index in [0.717, 1.165) is 0 Å². The van der Waals surface area contributed by atoms with Crippen LogP contribution in [0.2, 0.25) is 0 Å². The zero-order valence-electron chi connectivity index (χ0n) is 9.97. The van der Waals surface area contributed by atoms with Crippen molar-refractivity contribution < 1.29 is 19.4 Å². The molecule has 0 fully saturated rings. The van der Waals surface area contributed by atoms with Crippen LogP contribution in [0.25, 0.3) is 0 Å². The lowest BCUT2D eigenvalue weighted by atomic mass is 10.2. The summed E-state index contributed by atoms with van der Waals surface area (Å²) in [4.78, 5) is 11.7. The van der Waals surface area contributed by atoms with Gasteiger partial charge in [0.2, 0.25) is 0 Å². The van der Waals surface area contributed by atoms with E-state index < -0.39 is 12.1 Å². The lowest BCUT2D eigenvalue weighted by Gasteiger charge is -2.10. The van der Waals surface area contributed by atoms with Gasteiger partial charge >= 0.3 is 5.97 Å². The van der Waals surface area contributed by atoms with E-state index in [1.165, 1.54) is 13.2 Å². The van der Waals surface area contributed by atoms with Gasteiger partial charge in [-0.05, 0) is 25.1 Å². The number of rotatable bonds is 5. The highest BCUT2D eigenvalue weighted by atomic mass is 16.5. The van der Waals surface area contributed by atoms with Gasteiger partial charge in [0, 0.05) is 12.1 Å². The quantitative estimate of drug-likeness (QED) is 0.596. The average Bonchev–Trinajstić information content (AvgIpc) is 2.28. The third-order valence-electron chi connectivity index (χ3n) is 2.21. The number of carbonyl (C=O) groups excluding carboxylic acids is 1. The summed E-state index contributed by atoms with van der Waals surface area (Å²) in [7, 11) is 1.47. The molecule has 1 unspecified atom stereocenters. The van der Waals surface area contributed by atoms with Crippen LogP contribution in [0.1, 0.15) is 23.7 Å². The molecule has 94 valence electrons. The minimum absolute atomic E-state index is 0.161. The Bertz CT molecular complexity index is 390. The molecule has 0 heterocycles. The smallest absolute Gasteiger partial charge is 0.341 e. The number of hydrogen-bond acceptors (Lipinski definition) is 5. The molecule has 0 radical (unpaired) electrons. The Morgan fingerprint density at radius 2 is 2.24 bits per heavy atom. The van der Waals surface area contributed by atoms with Gasteiger partial charge in [0.15, 0.2) is 0 Å². The molecule has 1 aromatic carbocycles. The van der Waals surface area contributed by atoms with Crippen LogP contribution in [0.3, 0.4) is 0 Å². The number of aliphatic hydroxyl groups excluding tert-OH is 1. The van der Waals surface area contributed by atoms with Crippen LogP contribution < -0.4 is 10.5 Å². The Morgan fingerprint density at radius 1 is 1.53 bits per heavy atom. The molecule has 0 bridgehead atoms. The molecule has 0 saturated carbocycles. The number of benzene rings is 1. The van der Waals surface area contributed by atoms with E-state index >= 15 is 0 Å². The first kappa shape index (κ1) is 13.3. The Morgan fingerprint density at radius 3 is 2.82 bits per heavy atom. The lowest BCUT2D eigenvalue weighted by molar-refractivity contribution is 0.0441. The predicted molar refractivity (Wildman–Crippen MR) is 64.0 cm³/mol. The normalized spacial score (nSPS) is 11.9. The summed E-state index contributed by atoms with van der Waals surface area (Å²) in [6, 6.07) is 4.76. The van der Waals surface area contributed by atoms with Crippen molar-refractivity contribution in [1.82, 2.24) is 0 Å². The molecular formula is C12H17NO4. The Balaban J connectivity index is 2.70. The van der Waals surface area contributed by atoms with Crippen molar-refractivity contribution in [2.45, 2.75) is 19.4 Å². The van der Waals surface area contributed by atoms with Crippen LogP contribution in [0.5, 0.6) is 5.75 Å². The summed E-state index contributed by atoms with van der Waals surface area (Å²) >= 11 is 0. The van der Waals surface area contributed by atoms with Crippen molar-refractivity contribution in [2.75, 3.05) is 19.5 Å². The number of esters is 1. The number of anilines is 1. The molecule has 17 heavy (non-hydrogen) atoms. The van der Waals surface area contributed by atoms with Crippen LogP contribution in [0.15, 0.2) is 18.2 Å². The number of carbonyl (C=O) groups is 1. The summed E-state index contributed by atoms with van der Waals surface area (Å²) in [6.07, 6.45) is -0.0957. The number of nitrogens with two attached hydrogens (primary N) is 1. The van der Waals surface area contributed by atoms with E-state index in [1.54, 1.807) is 19.1 Å². The SMILES string of the molecule is COc1ccc(N)cc1C(=O)OCCC(C)O. The molecule has 0 aliphatic rings. The highest BCUT2D eigenvalue weighted by Gasteiger charge is 2.14. The van der Waals surface area contributed by atoms with Crippen molar-refractivity contribution in [3.63, 3.8) is 0 Å². The van der Waals surface area contributed by atoms with Gasteiger partial charge in [-0.25, -0.2) is 4.79 Å². The van der Waals surface area contributed by atoms with Gasteiger partial charge in [0.25, 0.3) is 0 Å². The second-order valence-electron chi connectivity index (χ2n) is 3.73. The largest absolute Gasteiger partial charge is 0.496 e. The zero-order chi connectivity index (χ0) is 12.8. The van der Waals surface area contributed by atoms with Gasteiger partial charge in [-0.2, -0.15) is 0 Å². The molecule has 0 spiro atoms. The fourth-order valence-corrected chi connectivity index (χ4v) is 1.29. The standard InChI is InChI=1S/C12H17NO4/c1-8(14)5-6-17-12(15)10-7-9(13)3-4-11(10)16-2/h3-4,7-8,14H,5-6,13H2,1-2H3. The van der Waals surface area contributed by atoms with Crippen LogP contribution in [-0.2, 0) is 4.74 Å². The summed E-state index contributed by atoms with van der Waals surface area (Å²) in [5.41, 5.74) is 6.35. The van der Waals surface area contributed by atoms with Crippen molar-refractivity contribution in [3.05, 3.63) is 23.8 Å². The molecule has 0 aromatic heterocycles. The molecule has 0 aliphatic carbocycles. The van der Waals surface area contributed by atoms with E-state index in [9.17, 15) is 4.79 Å². The molecule has 3 N–H and O–H groups in total. The first-order valence-corrected chi connectivity index (χ1v) is 5.33. The van der Waals surface area contributed by atoms with Gasteiger partial charge in [-0.3, -0.25) is 0 Å². The number of ether oxygens (including phenoxy) is 2. The van der Waals surface area contributed by atoms with Crippen LogP contribution in [0, 0.1) is 0 Å². The van der Waals surface area contributed by atoms with Crippen molar-refractivity contribution in [3.8, 4) is 5.75 Å². The maximum absolute atomic E-state index is 11.7. The molecule has 0 amide bonds.